The average Bonchev–Trinajstić information content (AvgIpc) is 3.17. The van der Waals surface area contributed by atoms with Gasteiger partial charge in [0.25, 0.3) is 5.91 Å². The number of hydrogen-bond donors (Lipinski definition) is 2. The highest BCUT2D eigenvalue weighted by Crippen LogP contribution is 2.35. The van der Waals surface area contributed by atoms with Crippen LogP contribution in [0.3, 0.4) is 0 Å². The van der Waals surface area contributed by atoms with Gasteiger partial charge in [-0.25, -0.2) is 0 Å². The number of nitrogens with one attached hydrogen (secondary N) is 1. The minimum Gasteiger partial charge on any atom is -0.493 e. The maximum absolute atomic E-state index is 12.9. The molecular weight excluding hydrogens is 362 g/mol. The van der Waals surface area contributed by atoms with Crippen LogP contribution < -0.4 is 14.8 Å². The number of pyridine rings is 1. The van der Waals surface area contributed by atoms with Crippen molar-refractivity contribution in [1.29, 1.82) is 0 Å². The summed E-state index contributed by atoms with van der Waals surface area (Å²) in [4.78, 5) is 16.8. The van der Waals surface area contributed by atoms with Crippen molar-refractivity contribution in [2.24, 2.45) is 0 Å². The lowest BCUT2D eigenvalue weighted by molar-refractivity contribution is 0.0938. The first-order chi connectivity index (χ1) is 13.5. The Kier molecular flexibility index (Phi) is 5.90. The van der Waals surface area contributed by atoms with Crippen molar-refractivity contribution in [3.8, 4) is 22.8 Å². The number of rotatable bonds is 7. The normalized spacial score (nSPS) is 11.7. The number of nitrogens with zero attached hydrogens (tertiary/aromatic N) is 2. The molecule has 0 radical (unpaired) electrons. The van der Waals surface area contributed by atoms with Crippen LogP contribution in [0.4, 0.5) is 0 Å². The van der Waals surface area contributed by atoms with E-state index in [1.165, 1.54) is 21.1 Å². The van der Waals surface area contributed by atoms with Crippen LogP contribution in [0.2, 0.25) is 0 Å². The maximum atomic E-state index is 12.9. The molecule has 1 amide bonds. The van der Waals surface area contributed by atoms with Gasteiger partial charge in [0.1, 0.15) is 17.4 Å². The molecule has 0 aliphatic carbocycles. The predicted molar refractivity (Wildman–Crippen MR) is 101 cm³/mol. The van der Waals surface area contributed by atoms with Crippen LogP contribution in [-0.4, -0.2) is 35.4 Å². The number of carbonyl (C=O) groups is 1. The summed E-state index contributed by atoms with van der Waals surface area (Å²) in [6.07, 6.45) is 2.30. The van der Waals surface area contributed by atoms with Gasteiger partial charge in [-0.3, -0.25) is 9.78 Å². The van der Waals surface area contributed by atoms with E-state index < -0.39 is 12.0 Å². The molecule has 0 saturated carbocycles. The Labute approximate surface area is 162 Å². The lowest BCUT2D eigenvalue weighted by Crippen LogP contribution is -2.24. The molecule has 1 aromatic carbocycles. The van der Waals surface area contributed by atoms with Crippen LogP contribution in [0.1, 0.15) is 34.7 Å². The summed E-state index contributed by atoms with van der Waals surface area (Å²) in [7, 11) is 3.06. The fraction of sp³-hybridized carbons (Fsp3) is 0.250. The highest BCUT2D eigenvalue weighted by molar-refractivity contribution is 6.01. The zero-order valence-corrected chi connectivity index (χ0v) is 15.8. The predicted octanol–water partition coefficient (Wildman–Crippen LogP) is 2.74. The highest BCUT2D eigenvalue weighted by Gasteiger charge is 2.27. The topological polar surface area (TPSA) is 107 Å². The van der Waals surface area contributed by atoms with Gasteiger partial charge < -0.3 is 24.4 Å². The van der Waals surface area contributed by atoms with Crippen molar-refractivity contribution in [2.45, 2.75) is 19.6 Å². The molecular formula is C20H21N3O5. The lowest BCUT2D eigenvalue weighted by Gasteiger charge is -2.10. The second kappa shape index (κ2) is 8.53. The molecule has 0 saturated heterocycles. The van der Waals surface area contributed by atoms with Crippen molar-refractivity contribution in [3.05, 3.63) is 59.6 Å². The number of ether oxygens (including phenoxy) is 2. The smallest absolute Gasteiger partial charge is 0.257 e. The molecule has 0 spiro atoms. The summed E-state index contributed by atoms with van der Waals surface area (Å²) < 4.78 is 15.8. The van der Waals surface area contributed by atoms with Gasteiger partial charge in [-0.1, -0.05) is 5.16 Å². The van der Waals surface area contributed by atoms with Crippen molar-refractivity contribution in [1.82, 2.24) is 15.5 Å². The van der Waals surface area contributed by atoms with Crippen LogP contribution in [0.25, 0.3) is 11.3 Å². The summed E-state index contributed by atoms with van der Waals surface area (Å²) in [5.74, 6) is 0.731. The monoisotopic (exact) mass is 383 g/mol. The Balaban J connectivity index is 1.96. The number of carbonyl (C=O) groups excluding carboxylic acids is 1. The quantitative estimate of drug-likeness (QED) is 0.646. The number of benzene rings is 1. The SMILES string of the molecule is COc1ccc(-c2noc(C(C)O)c2C(=O)NCc2ccncc2)cc1OC. The van der Waals surface area contributed by atoms with Crippen LogP contribution in [-0.2, 0) is 6.54 Å². The van der Waals surface area contributed by atoms with E-state index in [9.17, 15) is 9.90 Å². The van der Waals surface area contributed by atoms with Crippen molar-refractivity contribution < 1.29 is 23.9 Å². The number of aromatic nitrogens is 2. The number of amides is 1. The summed E-state index contributed by atoms with van der Waals surface area (Å²) in [6, 6.07) is 8.76. The molecule has 2 heterocycles. The molecule has 0 aliphatic heterocycles. The Hall–Kier alpha value is -3.39. The van der Waals surface area contributed by atoms with Gasteiger partial charge in [0.15, 0.2) is 17.3 Å². The van der Waals surface area contributed by atoms with Crippen LogP contribution in [0, 0.1) is 0 Å². The Morgan fingerprint density at radius 1 is 1.18 bits per heavy atom. The number of aliphatic hydroxyl groups is 1. The number of methoxy groups -OCH3 is 2. The van der Waals surface area contributed by atoms with E-state index in [1.54, 1.807) is 42.7 Å². The fourth-order valence-corrected chi connectivity index (χ4v) is 2.76. The van der Waals surface area contributed by atoms with Crippen LogP contribution >= 0.6 is 0 Å². The van der Waals surface area contributed by atoms with Gasteiger partial charge in [0.2, 0.25) is 0 Å². The van der Waals surface area contributed by atoms with E-state index in [-0.39, 0.29) is 11.3 Å². The minimum absolute atomic E-state index is 0.0945. The largest absolute Gasteiger partial charge is 0.493 e. The third-order valence-electron chi connectivity index (χ3n) is 4.18. The maximum Gasteiger partial charge on any atom is 0.257 e. The van der Waals surface area contributed by atoms with Gasteiger partial charge in [-0.2, -0.15) is 0 Å². The third kappa shape index (κ3) is 3.96. The third-order valence-corrected chi connectivity index (χ3v) is 4.18. The van der Waals surface area contributed by atoms with Crippen LogP contribution in [0.15, 0.2) is 47.2 Å². The summed E-state index contributed by atoms with van der Waals surface area (Å²) >= 11 is 0. The first-order valence-electron chi connectivity index (χ1n) is 8.62. The molecule has 2 N–H and O–H groups in total. The van der Waals surface area contributed by atoms with E-state index in [0.717, 1.165) is 5.56 Å². The van der Waals surface area contributed by atoms with Gasteiger partial charge in [0.05, 0.1) is 14.2 Å². The van der Waals surface area contributed by atoms with Gasteiger partial charge in [0, 0.05) is 24.5 Å². The standard InChI is InChI=1S/C20H21N3O5/c1-12(24)19-17(20(25)22-11-13-6-8-21-9-7-13)18(23-28-19)14-4-5-15(26-2)16(10-14)27-3/h4-10,12,24H,11H2,1-3H3,(H,22,25). The molecule has 1 atom stereocenters. The first-order valence-corrected chi connectivity index (χ1v) is 8.62. The Morgan fingerprint density at radius 3 is 2.54 bits per heavy atom. The summed E-state index contributed by atoms with van der Waals surface area (Å²) in [6.45, 7) is 1.82. The molecule has 0 aliphatic rings. The summed E-state index contributed by atoms with van der Waals surface area (Å²) in [5, 5.41) is 16.9. The van der Waals surface area contributed by atoms with Gasteiger partial charge in [-0.15, -0.1) is 0 Å². The molecule has 3 aromatic rings. The molecule has 146 valence electrons. The summed E-state index contributed by atoms with van der Waals surface area (Å²) in [5.41, 5.74) is 1.98. The van der Waals surface area contributed by atoms with Crippen molar-refractivity contribution >= 4 is 5.91 Å². The van der Waals surface area contributed by atoms with Gasteiger partial charge in [-0.05, 0) is 42.8 Å². The molecule has 0 fully saturated rings. The van der Waals surface area contributed by atoms with E-state index in [4.69, 9.17) is 14.0 Å². The lowest BCUT2D eigenvalue weighted by atomic mass is 10.0. The van der Waals surface area contributed by atoms with E-state index in [0.29, 0.717) is 29.3 Å². The molecule has 0 bridgehead atoms. The Bertz CT molecular complexity index is 954. The van der Waals surface area contributed by atoms with Crippen LogP contribution in [0.5, 0.6) is 11.5 Å². The van der Waals surface area contributed by atoms with Crippen molar-refractivity contribution in [3.63, 3.8) is 0 Å². The molecule has 2 aromatic heterocycles. The van der Waals surface area contributed by atoms with Gasteiger partial charge >= 0.3 is 0 Å². The van der Waals surface area contributed by atoms with E-state index in [1.807, 2.05) is 0 Å². The zero-order valence-electron chi connectivity index (χ0n) is 15.8. The second-order valence-corrected chi connectivity index (χ2v) is 6.05. The molecule has 28 heavy (non-hydrogen) atoms. The Morgan fingerprint density at radius 2 is 1.89 bits per heavy atom. The molecule has 8 nitrogen and oxygen atoms in total. The average molecular weight is 383 g/mol. The van der Waals surface area contributed by atoms with E-state index in [2.05, 4.69) is 15.5 Å². The molecule has 3 rings (SSSR count). The number of aliphatic hydroxyl groups excluding tert-OH is 1. The van der Waals surface area contributed by atoms with Crippen molar-refractivity contribution in [2.75, 3.05) is 14.2 Å². The van der Waals surface area contributed by atoms with E-state index >= 15 is 0 Å². The second-order valence-electron chi connectivity index (χ2n) is 6.05. The first kappa shape index (κ1) is 19.4. The zero-order chi connectivity index (χ0) is 20.1. The molecule has 8 heteroatoms. The molecule has 1 unspecified atom stereocenters. The number of hydrogen-bond acceptors (Lipinski definition) is 7. The fourth-order valence-electron chi connectivity index (χ4n) is 2.76. The highest BCUT2D eigenvalue weighted by atomic mass is 16.5. The minimum atomic E-state index is -0.997.